The Bertz CT molecular complexity index is 207. The fourth-order valence-electron chi connectivity index (χ4n) is 4.45. The van der Waals surface area contributed by atoms with Crippen LogP contribution in [0.5, 0.6) is 0 Å². The van der Waals surface area contributed by atoms with Crippen LogP contribution >= 0.6 is 0 Å². The first-order valence-electron chi connectivity index (χ1n) is 6.97. The summed E-state index contributed by atoms with van der Waals surface area (Å²) in [4.78, 5) is 0. The first-order chi connectivity index (χ1) is 7.36. The predicted molar refractivity (Wildman–Crippen MR) is 61.4 cm³/mol. The van der Waals surface area contributed by atoms with Gasteiger partial charge in [0.2, 0.25) is 0 Å². The molecule has 1 saturated heterocycles. The summed E-state index contributed by atoms with van der Waals surface area (Å²) in [5.41, 5.74) is 6.52. The minimum absolute atomic E-state index is 0.533. The van der Waals surface area contributed by atoms with Crippen LogP contribution in [0, 0.1) is 11.8 Å². The monoisotopic (exact) mass is 209 g/mol. The van der Waals surface area contributed by atoms with E-state index in [1.807, 2.05) is 0 Å². The summed E-state index contributed by atoms with van der Waals surface area (Å²) in [6, 6.07) is 2.30. The van der Waals surface area contributed by atoms with E-state index in [0.717, 1.165) is 23.9 Å². The molecule has 0 aromatic heterocycles. The van der Waals surface area contributed by atoms with Crippen molar-refractivity contribution in [2.45, 2.75) is 69.5 Å². The molecule has 1 aliphatic heterocycles. The Morgan fingerprint density at radius 2 is 1.20 bits per heavy atom. The zero-order valence-electron chi connectivity index (χ0n) is 9.70. The van der Waals surface area contributed by atoms with E-state index >= 15 is 0 Å². The molecule has 4 unspecified atom stereocenters. The van der Waals surface area contributed by atoms with Gasteiger partial charge in [-0.25, -0.2) is 0 Å². The Morgan fingerprint density at radius 1 is 0.733 bits per heavy atom. The molecule has 2 heteroatoms. The van der Waals surface area contributed by atoms with E-state index < -0.39 is 0 Å². The molecule has 0 radical (unpaired) electrons. The lowest BCUT2D eigenvalue weighted by Crippen LogP contribution is -3.01. The lowest BCUT2D eigenvalue weighted by atomic mass is 9.66. The van der Waals surface area contributed by atoms with E-state index in [1.54, 1.807) is 0 Å². The second-order valence-electron chi connectivity index (χ2n) is 5.99. The van der Waals surface area contributed by atoms with Crippen LogP contribution in [0.15, 0.2) is 0 Å². The van der Waals surface area contributed by atoms with Crippen molar-refractivity contribution in [3.63, 3.8) is 0 Å². The Morgan fingerprint density at radius 3 is 1.73 bits per heavy atom. The van der Waals surface area contributed by atoms with Gasteiger partial charge in [-0.3, -0.25) is 0 Å². The SMILES string of the molecule is NC1C2CCCCC2[NH2+]C2CCCCC21. The molecule has 3 rings (SSSR count). The molecule has 0 aromatic rings. The maximum Gasteiger partial charge on any atom is 0.0904 e. The molecular formula is C13H25N2+. The van der Waals surface area contributed by atoms with Crippen LogP contribution in [-0.4, -0.2) is 18.1 Å². The van der Waals surface area contributed by atoms with Crippen LogP contribution in [0.4, 0.5) is 0 Å². The van der Waals surface area contributed by atoms with Crippen molar-refractivity contribution in [3.05, 3.63) is 0 Å². The maximum absolute atomic E-state index is 6.52. The van der Waals surface area contributed by atoms with Crippen LogP contribution in [0.3, 0.4) is 0 Å². The smallest absolute Gasteiger partial charge is 0.0904 e. The Labute approximate surface area is 93.0 Å². The predicted octanol–water partition coefficient (Wildman–Crippen LogP) is 1.01. The van der Waals surface area contributed by atoms with Crippen LogP contribution in [-0.2, 0) is 0 Å². The van der Waals surface area contributed by atoms with Gasteiger partial charge in [0.15, 0.2) is 0 Å². The van der Waals surface area contributed by atoms with Gasteiger partial charge in [0.25, 0.3) is 0 Å². The highest BCUT2D eigenvalue weighted by molar-refractivity contribution is 4.94. The normalized spacial score (nSPS) is 50.6. The molecule has 0 bridgehead atoms. The molecule has 2 saturated carbocycles. The maximum atomic E-state index is 6.52. The topological polar surface area (TPSA) is 42.6 Å². The van der Waals surface area contributed by atoms with Gasteiger partial charge >= 0.3 is 0 Å². The second-order valence-corrected chi connectivity index (χ2v) is 5.99. The zero-order valence-corrected chi connectivity index (χ0v) is 9.70. The highest BCUT2D eigenvalue weighted by Gasteiger charge is 2.46. The van der Waals surface area contributed by atoms with Crippen LogP contribution in [0.25, 0.3) is 0 Å². The summed E-state index contributed by atoms with van der Waals surface area (Å²) in [6.45, 7) is 0. The summed E-state index contributed by atoms with van der Waals surface area (Å²) in [5, 5.41) is 2.72. The molecule has 3 fully saturated rings. The van der Waals surface area contributed by atoms with Gasteiger partial charge in [0.05, 0.1) is 12.1 Å². The van der Waals surface area contributed by atoms with Gasteiger partial charge in [-0.2, -0.15) is 0 Å². The molecule has 3 aliphatic rings. The molecule has 0 amide bonds. The van der Waals surface area contributed by atoms with Crippen molar-refractivity contribution < 1.29 is 5.32 Å². The molecule has 86 valence electrons. The van der Waals surface area contributed by atoms with Crippen molar-refractivity contribution in [1.29, 1.82) is 0 Å². The molecule has 0 spiro atoms. The molecule has 4 atom stereocenters. The third-order valence-corrected chi connectivity index (χ3v) is 5.23. The Hall–Kier alpha value is -0.0800. The van der Waals surface area contributed by atoms with Crippen LogP contribution in [0.2, 0.25) is 0 Å². The quantitative estimate of drug-likeness (QED) is 0.614. The number of quaternary nitrogens is 1. The van der Waals surface area contributed by atoms with E-state index in [4.69, 9.17) is 5.73 Å². The number of hydrogen-bond acceptors (Lipinski definition) is 1. The van der Waals surface area contributed by atoms with E-state index in [0.29, 0.717) is 6.04 Å². The average molecular weight is 209 g/mol. The standard InChI is InChI=1S/C13H24N2/c14-13-9-5-1-3-7-11(9)15-12-8-4-2-6-10(12)13/h9-13,15H,1-8,14H2/p+1. The number of piperidine rings is 1. The molecule has 4 N–H and O–H groups in total. The lowest BCUT2D eigenvalue weighted by Gasteiger charge is -2.47. The highest BCUT2D eigenvalue weighted by Crippen LogP contribution is 2.36. The van der Waals surface area contributed by atoms with Gasteiger partial charge < -0.3 is 11.1 Å². The van der Waals surface area contributed by atoms with Crippen molar-refractivity contribution in [3.8, 4) is 0 Å². The third kappa shape index (κ3) is 1.72. The summed E-state index contributed by atoms with van der Waals surface area (Å²) >= 11 is 0. The molecule has 0 aromatic carbocycles. The molecule has 2 aliphatic carbocycles. The van der Waals surface area contributed by atoms with E-state index in [2.05, 4.69) is 5.32 Å². The van der Waals surface area contributed by atoms with Gasteiger partial charge in [-0.05, 0) is 38.5 Å². The lowest BCUT2D eigenvalue weighted by molar-refractivity contribution is -0.748. The minimum atomic E-state index is 0.533. The van der Waals surface area contributed by atoms with Gasteiger partial charge in [-0.1, -0.05) is 12.8 Å². The molecular weight excluding hydrogens is 184 g/mol. The zero-order chi connectivity index (χ0) is 10.3. The minimum Gasteiger partial charge on any atom is -0.341 e. The summed E-state index contributed by atoms with van der Waals surface area (Å²) in [6.07, 6.45) is 11.4. The summed E-state index contributed by atoms with van der Waals surface area (Å²) in [7, 11) is 0. The van der Waals surface area contributed by atoms with Gasteiger partial charge in [0.1, 0.15) is 0 Å². The second kappa shape index (κ2) is 4.06. The molecule has 1 heterocycles. The number of nitrogens with two attached hydrogens (primary N) is 2. The number of fused-ring (bicyclic) bond motifs is 2. The largest absolute Gasteiger partial charge is 0.341 e. The number of hydrogen-bond donors (Lipinski definition) is 2. The van der Waals surface area contributed by atoms with Crippen molar-refractivity contribution in [2.75, 3.05) is 0 Å². The van der Waals surface area contributed by atoms with E-state index in [9.17, 15) is 0 Å². The first kappa shape index (κ1) is 10.1. The molecule has 15 heavy (non-hydrogen) atoms. The average Bonchev–Trinajstić information content (AvgIpc) is 2.30. The molecule has 2 nitrogen and oxygen atoms in total. The van der Waals surface area contributed by atoms with Crippen molar-refractivity contribution in [1.82, 2.24) is 0 Å². The first-order valence-corrected chi connectivity index (χ1v) is 6.97. The van der Waals surface area contributed by atoms with Crippen molar-refractivity contribution >= 4 is 0 Å². The fourth-order valence-corrected chi connectivity index (χ4v) is 4.45. The third-order valence-electron chi connectivity index (χ3n) is 5.23. The van der Waals surface area contributed by atoms with E-state index in [-0.39, 0.29) is 0 Å². The van der Waals surface area contributed by atoms with E-state index in [1.165, 1.54) is 51.4 Å². The van der Waals surface area contributed by atoms with Gasteiger partial charge in [0, 0.05) is 17.9 Å². The Kier molecular flexibility index (Phi) is 2.73. The fraction of sp³-hybridized carbons (Fsp3) is 1.00. The van der Waals surface area contributed by atoms with Crippen LogP contribution < -0.4 is 11.1 Å². The number of rotatable bonds is 0. The van der Waals surface area contributed by atoms with Crippen molar-refractivity contribution in [2.24, 2.45) is 17.6 Å². The van der Waals surface area contributed by atoms with Crippen LogP contribution in [0.1, 0.15) is 51.4 Å². The van der Waals surface area contributed by atoms with Gasteiger partial charge in [-0.15, -0.1) is 0 Å². The summed E-state index contributed by atoms with van der Waals surface area (Å²) in [5.74, 6) is 1.69. The Balaban J connectivity index is 1.76. The highest BCUT2D eigenvalue weighted by atomic mass is 15.0. The summed E-state index contributed by atoms with van der Waals surface area (Å²) < 4.78 is 0.